The van der Waals surface area contributed by atoms with Crippen molar-refractivity contribution >= 4 is 24.2 Å². The van der Waals surface area contributed by atoms with E-state index >= 15 is 0 Å². The van der Waals surface area contributed by atoms with Gasteiger partial charge in [0.1, 0.15) is 0 Å². The Balaban J connectivity index is 0.00000484. The lowest BCUT2D eigenvalue weighted by atomic mass is 9.87. The van der Waals surface area contributed by atoms with Crippen LogP contribution in [0, 0.1) is 5.41 Å². The summed E-state index contributed by atoms with van der Waals surface area (Å²) in [5, 5.41) is 2.85. The molecule has 1 atom stereocenters. The van der Waals surface area contributed by atoms with Crippen molar-refractivity contribution in [3.05, 3.63) is 35.4 Å². The molecule has 5 nitrogen and oxygen atoms in total. The molecule has 1 rings (SSSR count). The third-order valence-electron chi connectivity index (χ3n) is 3.51. The number of nitrogens with one attached hydrogen (secondary N) is 1. The third kappa shape index (κ3) is 6.59. The quantitative estimate of drug-likeness (QED) is 0.858. The van der Waals surface area contributed by atoms with Crippen LogP contribution in [-0.2, 0) is 11.2 Å². The molecule has 0 heterocycles. The zero-order chi connectivity index (χ0) is 16.9. The number of hydrogen-bond acceptors (Lipinski definition) is 3. The number of nitrogens with zero attached hydrogens (tertiary/aromatic N) is 1. The summed E-state index contributed by atoms with van der Waals surface area (Å²) in [6.07, 6.45) is 0.664. The number of hydrogen-bond donors (Lipinski definition) is 2. The topological polar surface area (TPSA) is 75.4 Å². The number of carbonyl (C=O) groups is 2. The normalized spacial score (nSPS) is 12.1. The molecule has 0 aliphatic carbocycles. The predicted octanol–water partition coefficient (Wildman–Crippen LogP) is 1.84. The van der Waals surface area contributed by atoms with Gasteiger partial charge in [-0.05, 0) is 29.5 Å². The lowest BCUT2D eigenvalue weighted by Crippen LogP contribution is -2.48. The Morgan fingerprint density at radius 2 is 1.87 bits per heavy atom. The van der Waals surface area contributed by atoms with Gasteiger partial charge >= 0.3 is 0 Å². The van der Waals surface area contributed by atoms with Gasteiger partial charge in [-0.3, -0.25) is 9.59 Å². The van der Waals surface area contributed by atoms with Crippen LogP contribution in [0.15, 0.2) is 24.3 Å². The summed E-state index contributed by atoms with van der Waals surface area (Å²) >= 11 is 0. The minimum Gasteiger partial charge on any atom is -0.354 e. The van der Waals surface area contributed by atoms with Crippen LogP contribution in [0.5, 0.6) is 0 Å². The molecule has 0 radical (unpaired) electrons. The summed E-state index contributed by atoms with van der Waals surface area (Å²) in [6, 6.07) is 6.92. The number of halogens is 1. The van der Waals surface area contributed by atoms with Gasteiger partial charge in [-0.25, -0.2) is 0 Å². The predicted molar refractivity (Wildman–Crippen MR) is 95.9 cm³/mol. The van der Waals surface area contributed by atoms with Gasteiger partial charge in [0, 0.05) is 26.2 Å². The molecule has 0 fully saturated rings. The van der Waals surface area contributed by atoms with Gasteiger partial charge in [-0.1, -0.05) is 32.9 Å². The fourth-order valence-electron chi connectivity index (χ4n) is 1.95. The van der Waals surface area contributed by atoms with Crippen LogP contribution in [-0.4, -0.2) is 43.4 Å². The second kappa shape index (κ2) is 8.89. The van der Waals surface area contributed by atoms with Gasteiger partial charge in [-0.2, -0.15) is 0 Å². The van der Waals surface area contributed by atoms with Crippen molar-refractivity contribution in [2.75, 3.05) is 20.6 Å². The van der Waals surface area contributed by atoms with Gasteiger partial charge in [-0.15, -0.1) is 12.4 Å². The fraction of sp³-hybridized carbons (Fsp3) is 0.529. The molecule has 0 saturated heterocycles. The number of carbonyl (C=O) groups excluding carboxylic acids is 2. The van der Waals surface area contributed by atoms with Crippen molar-refractivity contribution in [2.45, 2.75) is 33.2 Å². The first-order valence-corrected chi connectivity index (χ1v) is 7.47. The van der Waals surface area contributed by atoms with Gasteiger partial charge in [0.25, 0.3) is 5.91 Å². The molecule has 0 saturated carbocycles. The molecular weight excluding hydrogens is 314 g/mol. The second-order valence-electron chi connectivity index (χ2n) is 6.78. The van der Waals surface area contributed by atoms with E-state index in [0.717, 1.165) is 5.56 Å². The Morgan fingerprint density at radius 1 is 1.26 bits per heavy atom. The Morgan fingerprint density at radius 3 is 2.39 bits per heavy atom. The summed E-state index contributed by atoms with van der Waals surface area (Å²) in [5.41, 5.74) is 7.31. The highest BCUT2D eigenvalue weighted by Crippen LogP contribution is 2.17. The van der Waals surface area contributed by atoms with Crippen LogP contribution in [0.1, 0.15) is 36.7 Å². The molecule has 6 heteroatoms. The van der Waals surface area contributed by atoms with Crippen LogP contribution in [0.3, 0.4) is 0 Å². The summed E-state index contributed by atoms with van der Waals surface area (Å²) in [5.74, 6) is -0.173. The highest BCUT2D eigenvalue weighted by atomic mass is 35.5. The van der Waals surface area contributed by atoms with E-state index in [1.54, 1.807) is 25.1 Å². The molecule has 0 aliphatic heterocycles. The Labute approximate surface area is 145 Å². The van der Waals surface area contributed by atoms with Crippen LogP contribution in [0.25, 0.3) is 0 Å². The van der Waals surface area contributed by atoms with E-state index in [0.29, 0.717) is 18.5 Å². The number of amides is 2. The molecule has 23 heavy (non-hydrogen) atoms. The minimum atomic E-state index is -0.533. The zero-order valence-electron chi connectivity index (χ0n) is 14.6. The maximum atomic E-state index is 11.9. The highest BCUT2D eigenvalue weighted by Gasteiger charge is 2.26. The van der Waals surface area contributed by atoms with E-state index in [1.807, 2.05) is 39.0 Å². The average molecular weight is 342 g/mol. The molecule has 0 unspecified atom stereocenters. The second-order valence-corrected chi connectivity index (χ2v) is 6.78. The van der Waals surface area contributed by atoms with E-state index in [-0.39, 0.29) is 29.6 Å². The number of benzene rings is 1. The van der Waals surface area contributed by atoms with Gasteiger partial charge in [0.05, 0.1) is 6.04 Å². The molecule has 1 aromatic rings. The standard InChI is InChI=1S/C17H27N3O2.ClH/c1-17(2,3)14(18)15(21)19-10-9-12-7-6-8-13(11-12)16(22)20(4)5;/h6-8,11,14H,9-10,18H2,1-5H3,(H,19,21);1H/t14-;/m1./s1. The highest BCUT2D eigenvalue weighted by molar-refractivity contribution is 5.94. The van der Waals surface area contributed by atoms with E-state index in [1.165, 1.54) is 0 Å². The van der Waals surface area contributed by atoms with Crippen molar-refractivity contribution < 1.29 is 9.59 Å². The van der Waals surface area contributed by atoms with Crippen molar-refractivity contribution in [2.24, 2.45) is 11.1 Å². The van der Waals surface area contributed by atoms with Crippen molar-refractivity contribution in [3.63, 3.8) is 0 Å². The largest absolute Gasteiger partial charge is 0.354 e. The molecule has 130 valence electrons. The average Bonchev–Trinajstić information content (AvgIpc) is 2.44. The number of nitrogens with two attached hydrogens (primary N) is 1. The lowest BCUT2D eigenvalue weighted by molar-refractivity contribution is -0.124. The van der Waals surface area contributed by atoms with Gasteiger partial charge < -0.3 is 16.0 Å². The molecule has 0 aliphatic rings. The van der Waals surface area contributed by atoms with Crippen LogP contribution in [0.2, 0.25) is 0 Å². The van der Waals surface area contributed by atoms with Crippen molar-refractivity contribution in [1.82, 2.24) is 10.2 Å². The molecule has 3 N–H and O–H groups in total. The first kappa shape index (κ1) is 21.4. The fourth-order valence-corrected chi connectivity index (χ4v) is 1.95. The SMILES string of the molecule is CN(C)C(=O)c1cccc(CCNC(=O)[C@@H](N)C(C)(C)C)c1.Cl. The molecule has 0 spiro atoms. The molecule has 2 amide bonds. The van der Waals surface area contributed by atoms with Crippen LogP contribution < -0.4 is 11.1 Å². The van der Waals surface area contributed by atoms with E-state index in [4.69, 9.17) is 5.73 Å². The Hall–Kier alpha value is -1.59. The van der Waals surface area contributed by atoms with Gasteiger partial charge in [0.15, 0.2) is 0 Å². The van der Waals surface area contributed by atoms with Crippen LogP contribution >= 0.6 is 12.4 Å². The van der Waals surface area contributed by atoms with Crippen molar-refractivity contribution in [3.8, 4) is 0 Å². The maximum Gasteiger partial charge on any atom is 0.253 e. The van der Waals surface area contributed by atoms with E-state index < -0.39 is 6.04 Å². The molecule has 0 bridgehead atoms. The first-order valence-electron chi connectivity index (χ1n) is 7.47. The van der Waals surface area contributed by atoms with E-state index in [2.05, 4.69) is 5.32 Å². The summed E-state index contributed by atoms with van der Waals surface area (Å²) in [6.45, 7) is 6.32. The van der Waals surface area contributed by atoms with Crippen LogP contribution in [0.4, 0.5) is 0 Å². The Kier molecular flexibility index (Phi) is 8.28. The summed E-state index contributed by atoms with van der Waals surface area (Å²) < 4.78 is 0. The first-order chi connectivity index (χ1) is 10.1. The Bertz CT molecular complexity index is 539. The zero-order valence-corrected chi connectivity index (χ0v) is 15.4. The molecule has 0 aromatic heterocycles. The maximum absolute atomic E-state index is 11.9. The lowest BCUT2D eigenvalue weighted by Gasteiger charge is -2.25. The smallest absolute Gasteiger partial charge is 0.253 e. The summed E-state index contributed by atoms with van der Waals surface area (Å²) in [7, 11) is 3.45. The minimum absolute atomic E-state index is 0. The van der Waals surface area contributed by atoms with E-state index in [9.17, 15) is 9.59 Å². The molecular formula is C17H28ClN3O2. The third-order valence-corrected chi connectivity index (χ3v) is 3.51. The van der Waals surface area contributed by atoms with Gasteiger partial charge in [0.2, 0.25) is 5.91 Å². The monoisotopic (exact) mass is 341 g/mol. The number of rotatable bonds is 5. The molecule has 1 aromatic carbocycles. The summed E-state index contributed by atoms with van der Waals surface area (Å²) in [4.78, 5) is 25.4. The van der Waals surface area contributed by atoms with Crippen molar-refractivity contribution in [1.29, 1.82) is 0 Å².